The molecule has 1 fully saturated rings. The first-order chi connectivity index (χ1) is 9.35. The van der Waals surface area contributed by atoms with Crippen molar-refractivity contribution in [2.45, 2.75) is 24.2 Å². The zero-order valence-corrected chi connectivity index (χ0v) is 11.4. The van der Waals surface area contributed by atoms with Crippen LogP contribution in [0.5, 0.6) is 0 Å². The van der Waals surface area contributed by atoms with E-state index in [2.05, 4.69) is 5.32 Å². The number of carbonyl (C=O) groups excluding carboxylic acids is 1. The number of aryl methyl sites for hydroxylation is 1. The molecule has 1 aliphatic heterocycles. The Bertz CT molecular complexity index is 718. The summed E-state index contributed by atoms with van der Waals surface area (Å²) >= 11 is 0. The molecule has 2 aliphatic rings. The molecule has 0 radical (unpaired) electrons. The van der Waals surface area contributed by atoms with Crippen LogP contribution < -0.4 is 5.32 Å². The molecule has 1 heterocycles. The van der Waals surface area contributed by atoms with Crippen LogP contribution in [0.15, 0.2) is 23.1 Å². The maximum Gasteiger partial charge on any atom is 0.319 e. The summed E-state index contributed by atoms with van der Waals surface area (Å²) < 4.78 is 23.6. The van der Waals surface area contributed by atoms with Crippen LogP contribution in [0.25, 0.3) is 0 Å². The summed E-state index contributed by atoms with van der Waals surface area (Å²) in [6.07, 6.45) is 1.11. The van der Waals surface area contributed by atoms with Crippen molar-refractivity contribution >= 4 is 27.4 Å². The highest BCUT2D eigenvalue weighted by Crippen LogP contribution is 2.46. The van der Waals surface area contributed by atoms with E-state index in [0.717, 1.165) is 5.56 Å². The van der Waals surface area contributed by atoms with Crippen LogP contribution in [0.2, 0.25) is 0 Å². The third-order valence-electron chi connectivity index (χ3n) is 3.89. The predicted octanol–water partition coefficient (Wildman–Crippen LogP) is 0.820. The monoisotopic (exact) mass is 295 g/mol. The molecule has 20 heavy (non-hydrogen) atoms. The summed E-state index contributed by atoms with van der Waals surface area (Å²) in [7, 11) is -3.27. The molecule has 0 spiro atoms. The summed E-state index contributed by atoms with van der Waals surface area (Å²) in [6.45, 7) is 0. The van der Waals surface area contributed by atoms with Gasteiger partial charge >= 0.3 is 5.97 Å². The van der Waals surface area contributed by atoms with Gasteiger partial charge in [-0.15, -0.1) is 0 Å². The number of benzene rings is 1. The number of hydrogen-bond acceptors (Lipinski definition) is 4. The van der Waals surface area contributed by atoms with Crippen LogP contribution in [0.1, 0.15) is 18.4 Å². The van der Waals surface area contributed by atoms with Gasteiger partial charge in [0.25, 0.3) is 0 Å². The fourth-order valence-electron chi connectivity index (χ4n) is 2.40. The van der Waals surface area contributed by atoms with E-state index >= 15 is 0 Å². The quantitative estimate of drug-likeness (QED) is 0.804. The van der Waals surface area contributed by atoms with E-state index in [1.807, 2.05) is 0 Å². The molecule has 1 amide bonds. The largest absolute Gasteiger partial charge is 0.480 e. The van der Waals surface area contributed by atoms with E-state index in [1.165, 1.54) is 6.07 Å². The van der Waals surface area contributed by atoms with Gasteiger partial charge in [-0.25, -0.2) is 8.42 Å². The first kappa shape index (κ1) is 13.1. The maximum absolute atomic E-state index is 12.0. The molecule has 0 aromatic heterocycles. The number of anilines is 1. The topological polar surface area (TPSA) is 101 Å². The van der Waals surface area contributed by atoms with E-state index in [0.29, 0.717) is 24.9 Å². The fraction of sp³-hybridized carbons (Fsp3) is 0.385. The molecule has 6 nitrogen and oxygen atoms in total. The van der Waals surface area contributed by atoms with Crippen molar-refractivity contribution in [3.63, 3.8) is 0 Å². The summed E-state index contributed by atoms with van der Waals surface area (Å²) in [5, 5.41) is 11.5. The van der Waals surface area contributed by atoms with Crippen molar-refractivity contribution in [1.82, 2.24) is 0 Å². The summed E-state index contributed by atoms with van der Waals surface area (Å²) in [6, 6.07) is 4.68. The molecule has 7 heteroatoms. The molecule has 1 aromatic rings. The van der Waals surface area contributed by atoms with E-state index in [9.17, 15) is 18.0 Å². The molecule has 1 saturated carbocycles. The third kappa shape index (κ3) is 1.89. The van der Waals surface area contributed by atoms with E-state index in [4.69, 9.17) is 5.11 Å². The summed E-state index contributed by atoms with van der Waals surface area (Å²) in [4.78, 5) is 23.2. The Morgan fingerprint density at radius 1 is 1.25 bits per heavy atom. The lowest BCUT2D eigenvalue weighted by molar-refractivity contribution is -0.147. The lowest BCUT2D eigenvalue weighted by Crippen LogP contribution is -2.31. The molecular formula is C13H13NO5S. The highest BCUT2D eigenvalue weighted by molar-refractivity contribution is 7.91. The molecule has 0 atom stereocenters. The second-order valence-corrected chi connectivity index (χ2v) is 7.31. The second kappa shape index (κ2) is 4.05. The Morgan fingerprint density at radius 2 is 1.95 bits per heavy atom. The summed E-state index contributed by atoms with van der Waals surface area (Å²) in [5.41, 5.74) is -0.271. The van der Waals surface area contributed by atoms with Crippen LogP contribution in [-0.2, 0) is 25.8 Å². The van der Waals surface area contributed by atoms with Crippen molar-refractivity contribution in [1.29, 1.82) is 0 Å². The minimum absolute atomic E-state index is 0.0821. The normalized spacial score (nSPS) is 21.0. The van der Waals surface area contributed by atoms with Crippen molar-refractivity contribution in [3.8, 4) is 0 Å². The van der Waals surface area contributed by atoms with Gasteiger partial charge in [0.05, 0.1) is 10.6 Å². The van der Waals surface area contributed by atoms with Crippen molar-refractivity contribution in [2.24, 2.45) is 5.41 Å². The molecule has 2 N–H and O–H groups in total. The number of hydrogen-bond donors (Lipinski definition) is 2. The molecule has 1 aromatic carbocycles. The molecular weight excluding hydrogens is 282 g/mol. The highest BCUT2D eigenvalue weighted by Gasteiger charge is 2.57. The van der Waals surface area contributed by atoms with Crippen LogP contribution in [0, 0.1) is 5.41 Å². The maximum atomic E-state index is 12.0. The number of carbonyl (C=O) groups is 2. The first-order valence-electron chi connectivity index (χ1n) is 6.26. The Morgan fingerprint density at radius 3 is 2.55 bits per heavy atom. The van der Waals surface area contributed by atoms with E-state index in [-0.39, 0.29) is 10.6 Å². The van der Waals surface area contributed by atoms with Gasteiger partial charge in [0.15, 0.2) is 9.84 Å². The van der Waals surface area contributed by atoms with Crippen LogP contribution in [0.3, 0.4) is 0 Å². The Hall–Kier alpha value is -1.89. The number of carboxylic acids is 1. The molecule has 3 rings (SSSR count). The standard InChI is InChI=1S/C13H13NO5S/c15-11(13(4-5-13)12(16)17)14-9-2-1-8-3-6-20(18,19)10(8)7-9/h1-2,7H,3-6H2,(H,14,15)(H,16,17). The van der Waals surface area contributed by atoms with Crippen molar-refractivity contribution < 1.29 is 23.1 Å². The summed E-state index contributed by atoms with van der Waals surface area (Å²) in [5.74, 6) is -1.64. The van der Waals surface area contributed by atoms with Gasteiger partial charge < -0.3 is 10.4 Å². The minimum atomic E-state index is -3.27. The Balaban J connectivity index is 1.87. The van der Waals surface area contributed by atoms with Crippen LogP contribution >= 0.6 is 0 Å². The first-order valence-corrected chi connectivity index (χ1v) is 7.91. The lowest BCUT2D eigenvalue weighted by Gasteiger charge is -2.11. The van der Waals surface area contributed by atoms with Gasteiger partial charge in [-0.05, 0) is 37.0 Å². The fourth-order valence-corrected chi connectivity index (χ4v) is 3.98. The minimum Gasteiger partial charge on any atom is -0.480 e. The molecule has 0 saturated heterocycles. The molecule has 0 unspecified atom stereocenters. The molecule has 1 aliphatic carbocycles. The smallest absolute Gasteiger partial charge is 0.319 e. The van der Waals surface area contributed by atoms with E-state index in [1.54, 1.807) is 12.1 Å². The third-order valence-corrected chi connectivity index (χ3v) is 5.69. The predicted molar refractivity (Wildman–Crippen MR) is 70.1 cm³/mol. The average molecular weight is 295 g/mol. The number of nitrogens with one attached hydrogen (secondary N) is 1. The van der Waals surface area contributed by atoms with Gasteiger partial charge in [-0.3, -0.25) is 9.59 Å². The number of carboxylic acid groups (broad SMARTS) is 1. The van der Waals surface area contributed by atoms with Crippen LogP contribution in [0.4, 0.5) is 5.69 Å². The zero-order chi connectivity index (χ0) is 14.5. The number of sulfone groups is 1. The van der Waals surface area contributed by atoms with Gasteiger partial charge in [0.1, 0.15) is 5.41 Å². The van der Waals surface area contributed by atoms with Crippen LogP contribution in [-0.4, -0.2) is 31.2 Å². The van der Waals surface area contributed by atoms with E-state index < -0.39 is 27.1 Å². The number of aliphatic carboxylic acids is 1. The lowest BCUT2D eigenvalue weighted by atomic mass is 10.1. The van der Waals surface area contributed by atoms with Crippen molar-refractivity contribution in [3.05, 3.63) is 23.8 Å². The second-order valence-electron chi connectivity index (χ2n) is 5.23. The van der Waals surface area contributed by atoms with Gasteiger partial charge in [-0.2, -0.15) is 0 Å². The SMILES string of the molecule is O=C(O)C1(C(=O)Nc2ccc3c(c2)S(=O)(=O)CC3)CC1. The number of amides is 1. The molecule has 0 bridgehead atoms. The van der Waals surface area contributed by atoms with Gasteiger partial charge in [0, 0.05) is 5.69 Å². The van der Waals surface area contributed by atoms with Gasteiger partial charge in [-0.1, -0.05) is 6.07 Å². The molecule has 106 valence electrons. The van der Waals surface area contributed by atoms with Gasteiger partial charge in [0.2, 0.25) is 5.91 Å². The highest BCUT2D eigenvalue weighted by atomic mass is 32.2. The Labute approximate surface area is 115 Å². The number of rotatable bonds is 3. The Kier molecular flexibility index (Phi) is 2.66. The zero-order valence-electron chi connectivity index (χ0n) is 10.5. The average Bonchev–Trinajstić information content (AvgIpc) is 3.13. The number of fused-ring (bicyclic) bond motifs is 1. The van der Waals surface area contributed by atoms with Crippen molar-refractivity contribution in [2.75, 3.05) is 11.1 Å².